The quantitative estimate of drug-likeness (QED) is 0.751. The Bertz CT molecular complexity index is 485. The van der Waals surface area contributed by atoms with E-state index in [4.69, 9.17) is 4.74 Å². The zero-order chi connectivity index (χ0) is 14.3. The fourth-order valence-corrected chi connectivity index (χ4v) is 3.22. The minimum atomic E-state index is -3.60. The number of pyridine rings is 1. The van der Waals surface area contributed by atoms with Crippen LogP contribution in [0.2, 0.25) is 0 Å². The van der Waals surface area contributed by atoms with Crippen LogP contribution in [0, 0.1) is 0 Å². The molecule has 108 valence electrons. The van der Waals surface area contributed by atoms with Gasteiger partial charge in [-0.15, -0.1) is 0 Å². The lowest BCUT2D eigenvalue weighted by atomic mass is 10.2. The molecule has 0 saturated heterocycles. The Hall–Kier alpha value is -1.18. The van der Waals surface area contributed by atoms with Crippen molar-refractivity contribution >= 4 is 15.8 Å². The number of nitrogens with zero attached hydrogens (tertiary/aromatic N) is 1. The Labute approximate surface area is 114 Å². The third-order valence-corrected chi connectivity index (χ3v) is 4.18. The highest BCUT2D eigenvalue weighted by atomic mass is 32.2. The lowest BCUT2D eigenvalue weighted by Gasteiger charge is -2.18. The van der Waals surface area contributed by atoms with Gasteiger partial charge in [-0.2, -0.15) is 0 Å². The van der Waals surface area contributed by atoms with E-state index in [9.17, 15) is 8.42 Å². The van der Waals surface area contributed by atoms with Crippen molar-refractivity contribution in [2.45, 2.75) is 30.7 Å². The summed E-state index contributed by atoms with van der Waals surface area (Å²) in [6.45, 7) is 2.35. The summed E-state index contributed by atoms with van der Waals surface area (Å²) in [6.07, 6.45) is 3.15. The van der Waals surface area contributed by atoms with Gasteiger partial charge in [-0.25, -0.2) is 18.1 Å². The zero-order valence-electron chi connectivity index (χ0n) is 11.5. The van der Waals surface area contributed by atoms with Crippen molar-refractivity contribution in [3.8, 4) is 0 Å². The maximum Gasteiger partial charge on any atom is 0.244 e. The molecule has 7 heteroatoms. The predicted octanol–water partition coefficient (Wildman–Crippen LogP) is 1.22. The van der Waals surface area contributed by atoms with E-state index in [2.05, 4.69) is 15.0 Å². The van der Waals surface area contributed by atoms with Crippen molar-refractivity contribution in [1.82, 2.24) is 9.71 Å². The van der Waals surface area contributed by atoms with Crippen LogP contribution in [-0.4, -0.2) is 40.2 Å². The van der Waals surface area contributed by atoms with Gasteiger partial charge in [-0.1, -0.05) is 13.3 Å². The van der Waals surface area contributed by atoms with Gasteiger partial charge in [0, 0.05) is 26.4 Å². The van der Waals surface area contributed by atoms with E-state index in [0.29, 0.717) is 12.4 Å². The molecule has 1 heterocycles. The third-order valence-electron chi connectivity index (χ3n) is 2.62. The average Bonchev–Trinajstić information content (AvgIpc) is 2.39. The van der Waals surface area contributed by atoms with Gasteiger partial charge in [0.1, 0.15) is 10.7 Å². The second-order valence-corrected chi connectivity index (χ2v) is 5.84. The van der Waals surface area contributed by atoms with E-state index < -0.39 is 10.0 Å². The van der Waals surface area contributed by atoms with Gasteiger partial charge in [0.2, 0.25) is 10.0 Å². The van der Waals surface area contributed by atoms with Crippen molar-refractivity contribution in [3.63, 3.8) is 0 Å². The number of ether oxygens (including phenoxy) is 1. The van der Waals surface area contributed by atoms with Gasteiger partial charge < -0.3 is 10.1 Å². The number of anilines is 1. The van der Waals surface area contributed by atoms with E-state index >= 15 is 0 Å². The summed E-state index contributed by atoms with van der Waals surface area (Å²) >= 11 is 0. The average molecular weight is 287 g/mol. The van der Waals surface area contributed by atoms with Crippen LogP contribution in [0.1, 0.15) is 19.8 Å². The molecule has 0 bridgehead atoms. The van der Waals surface area contributed by atoms with E-state index in [0.717, 1.165) is 12.8 Å². The molecule has 0 radical (unpaired) electrons. The number of methoxy groups -OCH3 is 1. The number of sulfonamides is 1. The Kier molecular flexibility index (Phi) is 6.20. The Morgan fingerprint density at radius 2 is 2.21 bits per heavy atom. The number of rotatable bonds is 8. The van der Waals surface area contributed by atoms with Crippen molar-refractivity contribution in [1.29, 1.82) is 0 Å². The number of hydrogen-bond acceptors (Lipinski definition) is 5. The standard InChI is InChI=1S/C12H21N3O3S/c1-4-6-10(9-18-3)15-19(16,17)11-7-5-8-14-12(11)13-2/h5,7-8,10,15H,4,6,9H2,1-3H3,(H,13,14). The molecule has 1 aromatic heterocycles. The first kappa shape index (κ1) is 15.9. The van der Waals surface area contributed by atoms with Crippen LogP contribution in [0.25, 0.3) is 0 Å². The molecular formula is C12H21N3O3S. The molecule has 1 unspecified atom stereocenters. The molecule has 0 saturated carbocycles. The smallest absolute Gasteiger partial charge is 0.244 e. The molecule has 6 nitrogen and oxygen atoms in total. The highest BCUT2D eigenvalue weighted by Gasteiger charge is 2.22. The molecule has 1 atom stereocenters. The molecule has 1 rings (SSSR count). The minimum Gasteiger partial charge on any atom is -0.383 e. The van der Waals surface area contributed by atoms with Crippen LogP contribution < -0.4 is 10.0 Å². The van der Waals surface area contributed by atoms with Crippen molar-refractivity contribution in [2.75, 3.05) is 26.1 Å². The summed E-state index contributed by atoms with van der Waals surface area (Å²) in [7, 11) is -0.407. The second kappa shape index (κ2) is 7.42. The van der Waals surface area contributed by atoms with Gasteiger partial charge in [-0.3, -0.25) is 0 Å². The van der Waals surface area contributed by atoms with Gasteiger partial charge in [0.25, 0.3) is 0 Å². The third kappa shape index (κ3) is 4.45. The number of nitrogens with one attached hydrogen (secondary N) is 2. The lowest BCUT2D eigenvalue weighted by Crippen LogP contribution is -2.38. The van der Waals surface area contributed by atoms with Gasteiger partial charge >= 0.3 is 0 Å². The molecule has 0 aliphatic heterocycles. The van der Waals surface area contributed by atoms with E-state index in [1.54, 1.807) is 26.4 Å². The molecule has 0 spiro atoms. The fraction of sp³-hybridized carbons (Fsp3) is 0.583. The fourth-order valence-electron chi connectivity index (χ4n) is 1.80. The Morgan fingerprint density at radius 3 is 2.79 bits per heavy atom. The van der Waals surface area contributed by atoms with Crippen LogP contribution in [0.3, 0.4) is 0 Å². The normalized spacial score (nSPS) is 13.2. The lowest BCUT2D eigenvalue weighted by molar-refractivity contribution is 0.171. The molecule has 0 aromatic carbocycles. The molecule has 0 amide bonds. The first-order valence-electron chi connectivity index (χ1n) is 6.19. The summed E-state index contributed by atoms with van der Waals surface area (Å²) in [5.41, 5.74) is 0. The molecule has 2 N–H and O–H groups in total. The first-order valence-corrected chi connectivity index (χ1v) is 7.67. The molecule has 0 aliphatic carbocycles. The maximum atomic E-state index is 12.3. The molecular weight excluding hydrogens is 266 g/mol. The van der Waals surface area contributed by atoms with Crippen LogP contribution in [0.4, 0.5) is 5.82 Å². The SMILES string of the molecule is CCCC(COC)NS(=O)(=O)c1cccnc1NC. The molecule has 0 fully saturated rings. The Balaban J connectivity index is 2.96. The highest BCUT2D eigenvalue weighted by molar-refractivity contribution is 7.89. The van der Waals surface area contributed by atoms with Gasteiger partial charge in [0.15, 0.2) is 0 Å². The van der Waals surface area contributed by atoms with Crippen LogP contribution in [0.15, 0.2) is 23.2 Å². The van der Waals surface area contributed by atoms with Crippen LogP contribution in [-0.2, 0) is 14.8 Å². The highest BCUT2D eigenvalue weighted by Crippen LogP contribution is 2.18. The van der Waals surface area contributed by atoms with Gasteiger partial charge in [0.05, 0.1) is 6.61 Å². The van der Waals surface area contributed by atoms with Crippen molar-refractivity contribution < 1.29 is 13.2 Å². The molecule has 1 aromatic rings. The van der Waals surface area contributed by atoms with E-state index in [1.807, 2.05) is 6.92 Å². The van der Waals surface area contributed by atoms with Crippen LogP contribution >= 0.6 is 0 Å². The monoisotopic (exact) mass is 287 g/mol. The second-order valence-electron chi connectivity index (χ2n) is 4.16. The maximum absolute atomic E-state index is 12.3. The summed E-state index contributed by atoms with van der Waals surface area (Å²) < 4.78 is 32.3. The molecule has 0 aliphatic rings. The van der Waals surface area contributed by atoms with Crippen LogP contribution in [0.5, 0.6) is 0 Å². The largest absolute Gasteiger partial charge is 0.383 e. The van der Waals surface area contributed by atoms with E-state index in [1.165, 1.54) is 6.07 Å². The summed E-state index contributed by atoms with van der Waals surface area (Å²) in [5.74, 6) is 0.336. The topological polar surface area (TPSA) is 80.3 Å². The predicted molar refractivity (Wildman–Crippen MR) is 74.7 cm³/mol. The first-order chi connectivity index (χ1) is 9.05. The minimum absolute atomic E-state index is 0.148. The van der Waals surface area contributed by atoms with Gasteiger partial charge in [-0.05, 0) is 18.6 Å². The zero-order valence-corrected chi connectivity index (χ0v) is 12.3. The summed E-state index contributed by atoms with van der Waals surface area (Å²) in [6, 6.07) is 2.89. The number of hydrogen-bond donors (Lipinski definition) is 2. The van der Waals surface area contributed by atoms with Crippen molar-refractivity contribution in [2.24, 2.45) is 0 Å². The molecule has 19 heavy (non-hydrogen) atoms. The number of aromatic nitrogens is 1. The van der Waals surface area contributed by atoms with E-state index in [-0.39, 0.29) is 10.9 Å². The summed E-state index contributed by atoms with van der Waals surface area (Å²) in [4.78, 5) is 4.15. The Morgan fingerprint density at radius 1 is 1.47 bits per heavy atom. The van der Waals surface area contributed by atoms with Crippen molar-refractivity contribution in [3.05, 3.63) is 18.3 Å². The summed E-state index contributed by atoms with van der Waals surface area (Å²) in [5, 5.41) is 2.78.